The summed E-state index contributed by atoms with van der Waals surface area (Å²) in [5.41, 5.74) is 0.815. The van der Waals surface area contributed by atoms with Gasteiger partial charge in [0.2, 0.25) is 11.8 Å². The Morgan fingerprint density at radius 1 is 1.08 bits per heavy atom. The second kappa shape index (κ2) is 7.97. The van der Waals surface area contributed by atoms with Crippen molar-refractivity contribution >= 4 is 11.8 Å². The zero-order valence-corrected chi connectivity index (χ0v) is 14.9. The largest absolute Gasteiger partial charge is 0.378 e. The molecular weight excluding hydrogens is 318 g/mol. The summed E-state index contributed by atoms with van der Waals surface area (Å²) < 4.78 is 5.31. The molecule has 2 heterocycles. The summed E-state index contributed by atoms with van der Waals surface area (Å²) >= 11 is 0. The van der Waals surface area contributed by atoms with E-state index in [0.717, 1.165) is 31.5 Å². The van der Waals surface area contributed by atoms with Crippen molar-refractivity contribution in [2.24, 2.45) is 0 Å². The van der Waals surface area contributed by atoms with Crippen molar-refractivity contribution in [2.45, 2.75) is 25.3 Å². The first-order valence-corrected chi connectivity index (χ1v) is 9.01. The fraction of sp³-hybridized carbons (Fsp3) is 0.579. The molecule has 25 heavy (non-hydrogen) atoms. The number of nitrogens with zero attached hydrogens (tertiary/aromatic N) is 2. The van der Waals surface area contributed by atoms with Gasteiger partial charge in [0, 0.05) is 33.1 Å². The van der Waals surface area contributed by atoms with Crippen molar-refractivity contribution in [1.29, 1.82) is 0 Å². The van der Waals surface area contributed by atoms with Crippen LogP contribution >= 0.6 is 0 Å². The number of nitrogens with one attached hydrogen (secondary N) is 1. The van der Waals surface area contributed by atoms with Crippen molar-refractivity contribution in [2.75, 3.05) is 45.9 Å². The Morgan fingerprint density at radius 3 is 2.32 bits per heavy atom. The Bertz CT molecular complexity index is 591. The molecule has 2 aliphatic rings. The Kier molecular flexibility index (Phi) is 5.71. The molecule has 1 aromatic carbocycles. The van der Waals surface area contributed by atoms with E-state index in [4.69, 9.17) is 4.74 Å². The number of piperidine rings is 1. The minimum atomic E-state index is -0.328. The summed E-state index contributed by atoms with van der Waals surface area (Å²) in [5, 5.41) is 3.17. The normalized spacial score (nSPS) is 20.9. The van der Waals surface area contributed by atoms with Gasteiger partial charge in [-0.1, -0.05) is 30.3 Å². The van der Waals surface area contributed by atoms with Crippen molar-refractivity contribution in [3.05, 3.63) is 35.9 Å². The van der Waals surface area contributed by atoms with Crippen LogP contribution in [0.15, 0.2) is 30.3 Å². The van der Waals surface area contributed by atoms with Gasteiger partial charge in [0.1, 0.15) is 0 Å². The lowest BCUT2D eigenvalue weighted by atomic mass is 9.80. The van der Waals surface area contributed by atoms with E-state index in [9.17, 15) is 9.59 Å². The second-order valence-corrected chi connectivity index (χ2v) is 6.90. The number of morpholine rings is 1. The van der Waals surface area contributed by atoms with Gasteiger partial charge in [-0.25, -0.2) is 0 Å². The van der Waals surface area contributed by atoms with Crippen LogP contribution in [-0.2, 0) is 19.9 Å². The van der Waals surface area contributed by atoms with Gasteiger partial charge in [0.25, 0.3) is 0 Å². The number of hydrogen-bond acceptors (Lipinski definition) is 4. The monoisotopic (exact) mass is 345 g/mol. The summed E-state index contributed by atoms with van der Waals surface area (Å²) in [5.74, 6) is 0.164. The highest BCUT2D eigenvalue weighted by atomic mass is 16.5. The van der Waals surface area contributed by atoms with E-state index in [-0.39, 0.29) is 17.4 Å². The highest BCUT2D eigenvalue weighted by Crippen LogP contribution is 2.33. The van der Waals surface area contributed by atoms with Gasteiger partial charge in [0.05, 0.1) is 25.3 Å². The van der Waals surface area contributed by atoms with Crippen molar-refractivity contribution in [1.82, 2.24) is 15.1 Å². The lowest BCUT2D eigenvalue weighted by Crippen LogP contribution is -2.54. The Balaban J connectivity index is 1.61. The number of ether oxygens (including phenoxy) is 1. The van der Waals surface area contributed by atoms with Crippen LogP contribution in [0.2, 0.25) is 0 Å². The van der Waals surface area contributed by atoms with Crippen molar-refractivity contribution < 1.29 is 14.3 Å². The fourth-order valence-electron chi connectivity index (χ4n) is 3.78. The molecule has 2 aliphatic heterocycles. The summed E-state index contributed by atoms with van der Waals surface area (Å²) in [4.78, 5) is 28.3. The summed E-state index contributed by atoms with van der Waals surface area (Å²) in [7, 11) is 0. The predicted octanol–water partition coefficient (Wildman–Crippen LogP) is 0.973. The van der Waals surface area contributed by atoms with Gasteiger partial charge in [-0.2, -0.15) is 0 Å². The van der Waals surface area contributed by atoms with Crippen LogP contribution in [0, 0.1) is 0 Å². The molecule has 0 radical (unpaired) electrons. The van der Waals surface area contributed by atoms with Gasteiger partial charge < -0.3 is 15.0 Å². The second-order valence-electron chi connectivity index (χ2n) is 6.90. The third-order valence-electron chi connectivity index (χ3n) is 5.17. The molecule has 2 amide bonds. The summed E-state index contributed by atoms with van der Waals surface area (Å²) in [6.07, 6.45) is 1.62. The van der Waals surface area contributed by atoms with Crippen LogP contribution in [0.4, 0.5) is 0 Å². The van der Waals surface area contributed by atoms with Crippen LogP contribution in [0.3, 0.4) is 0 Å². The lowest BCUT2D eigenvalue weighted by Gasteiger charge is -2.43. The molecule has 6 nitrogen and oxygen atoms in total. The zero-order valence-electron chi connectivity index (χ0n) is 14.9. The maximum atomic E-state index is 12.4. The smallest absolute Gasteiger partial charge is 0.236 e. The van der Waals surface area contributed by atoms with Crippen LogP contribution in [0.1, 0.15) is 25.3 Å². The van der Waals surface area contributed by atoms with Gasteiger partial charge in [-0.05, 0) is 18.4 Å². The summed E-state index contributed by atoms with van der Waals surface area (Å²) in [6, 6.07) is 10.1. The quantitative estimate of drug-likeness (QED) is 0.883. The molecule has 136 valence electrons. The third kappa shape index (κ3) is 4.38. The van der Waals surface area contributed by atoms with Gasteiger partial charge in [-0.15, -0.1) is 0 Å². The number of amides is 2. The molecule has 0 aliphatic carbocycles. The zero-order chi connectivity index (χ0) is 17.7. The molecule has 0 saturated carbocycles. The first-order valence-electron chi connectivity index (χ1n) is 9.01. The van der Waals surface area contributed by atoms with Gasteiger partial charge in [0.15, 0.2) is 0 Å². The van der Waals surface area contributed by atoms with E-state index in [0.29, 0.717) is 32.8 Å². The number of hydrogen-bond donors (Lipinski definition) is 1. The van der Waals surface area contributed by atoms with Crippen LogP contribution in [-0.4, -0.2) is 67.6 Å². The van der Waals surface area contributed by atoms with E-state index >= 15 is 0 Å². The maximum absolute atomic E-state index is 12.4. The van der Waals surface area contributed by atoms with Crippen molar-refractivity contribution in [3.63, 3.8) is 0 Å². The fourth-order valence-corrected chi connectivity index (χ4v) is 3.78. The molecule has 6 heteroatoms. The van der Waals surface area contributed by atoms with Crippen LogP contribution in [0.5, 0.6) is 0 Å². The van der Waals surface area contributed by atoms with Crippen molar-refractivity contribution in [3.8, 4) is 0 Å². The molecule has 0 atom stereocenters. The van der Waals surface area contributed by atoms with E-state index in [2.05, 4.69) is 22.3 Å². The minimum Gasteiger partial charge on any atom is -0.378 e. The number of benzene rings is 1. The highest BCUT2D eigenvalue weighted by molar-refractivity contribution is 5.78. The third-order valence-corrected chi connectivity index (χ3v) is 5.17. The standard InChI is InChI=1S/C19H27N3O3/c1-16(23)20-19(17-5-3-2-4-6-17)7-9-21(10-8-19)15-18(24)22-11-13-25-14-12-22/h2-6H,7-15H2,1H3,(H,20,23). The Labute approximate surface area is 149 Å². The minimum absolute atomic E-state index is 0.0123. The Hall–Kier alpha value is -1.92. The topological polar surface area (TPSA) is 61.9 Å². The molecule has 1 aromatic rings. The first kappa shape index (κ1) is 17.9. The van der Waals surface area contributed by atoms with Gasteiger partial charge in [-0.3, -0.25) is 14.5 Å². The molecular formula is C19H27N3O3. The highest BCUT2D eigenvalue weighted by Gasteiger charge is 2.37. The number of carbonyl (C=O) groups is 2. The van der Waals surface area contributed by atoms with Crippen LogP contribution < -0.4 is 5.32 Å². The molecule has 0 unspecified atom stereocenters. The van der Waals surface area contributed by atoms with E-state index in [1.165, 1.54) is 0 Å². The molecule has 2 fully saturated rings. The molecule has 0 bridgehead atoms. The van der Waals surface area contributed by atoms with Crippen LogP contribution in [0.25, 0.3) is 0 Å². The van der Waals surface area contributed by atoms with Gasteiger partial charge >= 0.3 is 0 Å². The van der Waals surface area contributed by atoms with E-state index in [1.807, 2.05) is 23.1 Å². The average molecular weight is 345 g/mol. The molecule has 3 rings (SSSR count). The average Bonchev–Trinajstić information content (AvgIpc) is 2.64. The first-order chi connectivity index (χ1) is 12.1. The number of likely N-dealkylation sites (tertiary alicyclic amines) is 1. The molecule has 1 N–H and O–H groups in total. The number of rotatable bonds is 4. The number of carbonyl (C=O) groups excluding carboxylic acids is 2. The Morgan fingerprint density at radius 2 is 1.72 bits per heavy atom. The maximum Gasteiger partial charge on any atom is 0.236 e. The van der Waals surface area contributed by atoms with E-state index < -0.39 is 0 Å². The molecule has 0 aromatic heterocycles. The SMILES string of the molecule is CC(=O)NC1(c2ccccc2)CCN(CC(=O)N2CCOCC2)CC1. The lowest BCUT2D eigenvalue weighted by molar-refractivity contribution is -0.137. The van der Waals surface area contributed by atoms with E-state index in [1.54, 1.807) is 6.92 Å². The predicted molar refractivity (Wildman–Crippen MR) is 95.0 cm³/mol. The summed E-state index contributed by atoms with van der Waals surface area (Å²) in [6.45, 7) is 6.25. The molecule has 2 saturated heterocycles. The molecule has 0 spiro atoms.